The van der Waals surface area contributed by atoms with Gasteiger partial charge in [-0.25, -0.2) is 4.99 Å². The lowest BCUT2D eigenvalue weighted by molar-refractivity contribution is 1.12. The molecule has 0 aliphatic rings. The van der Waals surface area contributed by atoms with Crippen LogP contribution in [0, 0.1) is 0 Å². The number of hydrogen-bond acceptors (Lipinski definition) is 1. The molecule has 0 fully saturated rings. The summed E-state index contributed by atoms with van der Waals surface area (Å²) in [5, 5.41) is 0. The van der Waals surface area contributed by atoms with Crippen molar-refractivity contribution in [2.24, 2.45) is 15.0 Å². The van der Waals surface area contributed by atoms with Crippen LogP contribution in [0.1, 0.15) is 13.8 Å². The highest BCUT2D eigenvalue weighted by molar-refractivity contribution is 5.87. The summed E-state index contributed by atoms with van der Waals surface area (Å²) in [5.74, 6) is 0.741. The van der Waals surface area contributed by atoms with Crippen LogP contribution >= 0.6 is 0 Å². The van der Waals surface area contributed by atoms with Gasteiger partial charge in [0, 0.05) is 6.54 Å². The Balaban J connectivity index is 3.74. The Labute approximate surface area is 55.2 Å². The van der Waals surface area contributed by atoms with Crippen LogP contribution in [0.3, 0.4) is 0 Å². The molecule has 0 bridgehead atoms. The van der Waals surface area contributed by atoms with E-state index in [0.29, 0.717) is 0 Å². The van der Waals surface area contributed by atoms with E-state index < -0.39 is 0 Å². The smallest absolute Gasteiger partial charge is 0.121 e. The highest BCUT2D eigenvalue weighted by Gasteiger charge is 1.77. The van der Waals surface area contributed by atoms with E-state index in [-0.39, 0.29) is 0 Å². The average molecular weight is 125 g/mol. The molecule has 0 atom stereocenters. The SMILES string of the molecule is C=N/C=N\C(C)=N/CC. The molecule has 0 amide bonds. The Morgan fingerprint density at radius 2 is 2.33 bits per heavy atom. The fourth-order valence-corrected chi connectivity index (χ4v) is 0.394. The Kier molecular flexibility index (Phi) is 4.59. The third kappa shape index (κ3) is 4.87. The molecule has 50 valence electrons. The lowest BCUT2D eigenvalue weighted by Crippen LogP contribution is -1.85. The quantitative estimate of drug-likeness (QED) is 0.392. The second kappa shape index (κ2) is 5.15. The first-order valence-corrected chi connectivity index (χ1v) is 2.80. The maximum absolute atomic E-state index is 3.99. The normalized spacial score (nSPS) is 12.4. The standard InChI is InChI=1S/C6H11N3/c1-4-8-6(2)9-5-7-3/h5H,3-4H2,1-2H3/b8-6-,9-5-. The molecule has 0 aromatic rings. The molecule has 0 radical (unpaired) electrons. The number of hydrogen-bond donors (Lipinski definition) is 0. The highest BCUT2D eigenvalue weighted by Crippen LogP contribution is 1.77. The van der Waals surface area contributed by atoms with E-state index in [2.05, 4.69) is 21.7 Å². The van der Waals surface area contributed by atoms with Gasteiger partial charge in [0.1, 0.15) is 12.2 Å². The van der Waals surface area contributed by atoms with Crippen LogP contribution < -0.4 is 0 Å². The molecular formula is C6H11N3. The van der Waals surface area contributed by atoms with E-state index in [1.54, 1.807) is 0 Å². The fourth-order valence-electron chi connectivity index (χ4n) is 0.394. The molecular weight excluding hydrogens is 114 g/mol. The fraction of sp³-hybridized carbons (Fsp3) is 0.500. The van der Waals surface area contributed by atoms with Gasteiger partial charge >= 0.3 is 0 Å². The predicted octanol–water partition coefficient (Wildman–Crippen LogP) is 1.15. The van der Waals surface area contributed by atoms with E-state index in [1.165, 1.54) is 6.34 Å². The molecule has 0 heterocycles. The van der Waals surface area contributed by atoms with E-state index in [1.807, 2.05) is 13.8 Å². The van der Waals surface area contributed by atoms with Gasteiger partial charge < -0.3 is 0 Å². The molecule has 0 rings (SSSR count). The summed E-state index contributed by atoms with van der Waals surface area (Å²) in [6.07, 6.45) is 1.38. The first kappa shape index (κ1) is 8.01. The predicted molar refractivity (Wildman–Crippen MR) is 41.7 cm³/mol. The zero-order chi connectivity index (χ0) is 7.11. The van der Waals surface area contributed by atoms with E-state index in [0.717, 1.165) is 12.4 Å². The Morgan fingerprint density at radius 3 is 2.78 bits per heavy atom. The van der Waals surface area contributed by atoms with Gasteiger partial charge in [-0.2, -0.15) is 0 Å². The molecule has 0 aliphatic heterocycles. The van der Waals surface area contributed by atoms with E-state index in [9.17, 15) is 0 Å². The summed E-state index contributed by atoms with van der Waals surface area (Å²) in [6.45, 7) is 7.79. The van der Waals surface area contributed by atoms with Crippen molar-refractivity contribution in [3.05, 3.63) is 0 Å². The van der Waals surface area contributed by atoms with Gasteiger partial charge in [0.25, 0.3) is 0 Å². The molecule has 0 unspecified atom stereocenters. The zero-order valence-corrected chi connectivity index (χ0v) is 5.83. The maximum atomic E-state index is 3.99. The number of aliphatic imine (C=N–C) groups is 3. The van der Waals surface area contributed by atoms with Crippen molar-refractivity contribution >= 4 is 18.9 Å². The minimum Gasteiger partial charge on any atom is -0.271 e. The molecule has 0 aromatic carbocycles. The van der Waals surface area contributed by atoms with Crippen molar-refractivity contribution in [3.8, 4) is 0 Å². The zero-order valence-electron chi connectivity index (χ0n) is 5.83. The average Bonchev–Trinajstić information content (AvgIpc) is 1.85. The van der Waals surface area contributed by atoms with Gasteiger partial charge in [-0.15, -0.1) is 0 Å². The summed E-state index contributed by atoms with van der Waals surface area (Å²) in [6, 6.07) is 0. The Bertz CT molecular complexity index is 135. The minimum atomic E-state index is 0.741. The number of rotatable bonds is 2. The first-order chi connectivity index (χ1) is 4.31. The molecule has 0 spiro atoms. The van der Waals surface area contributed by atoms with Gasteiger partial charge in [0.05, 0.1) is 0 Å². The van der Waals surface area contributed by atoms with Gasteiger partial charge in [0.15, 0.2) is 0 Å². The van der Waals surface area contributed by atoms with Crippen LogP contribution in [0.4, 0.5) is 0 Å². The van der Waals surface area contributed by atoms with E-state index >= 15 is 0 Å². The van der Waals surface area contributed by atoms with Crippen molar-refractivity contribution in [1.29, 1.82) is 0 Å². The van der Waals surface area contributed by atoms with E-state index in [4.69, 9.17) is 0 Å². The largest absolute Gasteiger partial charge is 0.271 e. The van der Waals surface area contributed by atoms with Gasteiger partial charge in [-0.1, -0.05) is 0 Å². The third-order valence-corrected chi connectivity index (χ3v) is 0.713. The summed E-state index contributed by atoms with van der Waals surface area (Å²) in [7, 11) is 0. The van der Waals surface area contributed by atoms with Crippen LogP contribution in [-0.2, 0) is 0 Å². The molecule has 3 heteroatoms. The molecule has 0 saturated carbocycles. The van der Waals surface area contributed by atoms with Crippen LogP contribution in [-0.4, -0.2) is 25.4 Å². The van der Waals surface area contributed by atoms with Crippen LogP contribution in [0.2, 0.25) is 0 Å². The summed E-state index contributed by atoms with van der Waals surface area (Å²) < 4.78 is 0. The third-order valence-electron chi connectivity index (χ3n) is 0.713. The highest BCUT2D eigenvalue weighted by atomic mass is 14.9. The van der Waals surface area contributed by atoms with Gasteiger partial charge in [-0.3, -0.25) is 9.98 Å². The number of nitrogens with zero attached hydrogens (tertiary/aromatic N) is 3. The second-order valence-corrected chi connectivity index (χ2v) is 1.45. The maximum Gasteiger partial charge on any atom is 0.121 e. The van der Waals surface area contributed by atoms with Gasteiger partial charge in [0.2, 0.25) is 0 Å². The number of amidine groups is 1. The molecule has 0 aromatic heterocycles. The molecule has 3 nitrogen and oxygen atoms in total. The summed E-state index contributed by atoms with van der Waals surface area (Å²) in [4.78, 5) is 11.3. The summed E-state index contributed by atoms with van der Waals surface area (Å²) in [5.41, 5.74) is 0. The van der Waals surface area contributed by atoms with Crippen molar-refractivity contribution in [1.82, 2.24) is 0 Å². The lowest BCUT2D eigenvalue weighted by atomic mass is 10.6. The van der Waals surface area contributed by atoms with Crippen LogP contribution in [0.25, 0.3) is 0 Å². The Morgan fingerprint density at radius 1 is 1.67 bits per heavy atom. The minimum absolute atomic E-state index is 0.741. The van der Waals surface area contributed by atoms with Crippen molar-refractivity contribution in [2.45, 2.75) is 13.8 Å². The van der Waals surface area contributed by atoms with Crippen LogP contribution in [0.15, 0.2) is 15.0 Å². The van der Waals surface area contributed by atoms with Gasteiger partial charge in [-0.05, 0) is 20.6 Å². The second-order valence-electron chi connectivity index (χ2n) is 1.45. The molecule has 9 heavy (non-hydrogen) atoms. The molecule has 0 saturated heterocycles. The Hall–Kier alpha value is -0.990. The monoisotopic (exact) mass is 125 g/mol. The summed E-state index contributed by atoms with van der Waals surface area (Å²) >= 11 is 0. The van der Waals surface area contributed by atoms with Crippen molar-refractivity contribution in [3.63, 3.8) is 0 Å². The molecule has 0 N–H and O–H groups in total. The van der Waals surface area contributed by atoms with Crippen molar-refractivity contribution < 1.29 is 0 Å². The lowest BCUT2D eigenvalue weighted by Gasteiger charge is -1.85. The van der Waals surface area contributed by atoms with Crippen molar-refractivity contribution in [2.75, 3.05) is 6.54 Å². The van der Waals surface area contributed by atoms with Crippen LogP contribution in [0.5, 0.6) is 0 Å². The first-order valence-electron chi connectivity index (χ1n) is 2.80. The molecule has 0 aliphatic carbocycles. The topological polar surface area (TPSA) is 37.1 Å².